The van der Waals surface area contributed by atoms with Gasteiger partial charge in [-0.2, -0.15) is 0 Å². The van der Waals surface area contributed by atoms with Gasteiger partial charge in [-0.15, -0.1) is 0 Å². The maximum absolute atomic E-state index is 12.3. The Balaban J connectivity index is 2.13. The van der Waals surface area contributed by atoms with Crippen LogP contribution < -0.4 is 0 Å². The molecule has 0 bridgehead atoms. The molecule has 1 saturated carbocycles. The molecule has 0 spiro atoms. The van der Waals surface area contributed by atoms with Crippen LogP contribution in [0.2, 0.25) is 0 Å². The molecule has 1 fully saturated rings. The highest BCUT2D eigenvalue weighted by Gasteiger charge is 2.32. The van der Waals surface area contributed by atoms with Crippen LogP contribution in [0.3, 0.4) is 0 Å². The number of aliphatic hydroxyl groups excluding tert-OH is 1. The fraction of sp³-hybridized carbons (Fsp3) is 0.467. The van der Waals surface area contributed by atoms with Crippen LogP contribution >= 0.6 is 0 Å². The normalized spacial score (nSPS) is 15.3. The maximum Gasteiger partial charge on any atom is 0.255 e. The van der Waals surface area contributed by atoms with Gasteiger partial charge in [0.15, 0.2) is 0 Å². The highest BCUT2D eigenvalue weighted by molar-refractivity contribution is 5.94. The Bertz CT molecular complexity index is 526. The van der Waals surface area contributed by atoms with E-state index in [1.807, 2.05) is 7.05 Å². The summed E-state index contributed by atoms with van der Waals surface area (Å²) >= 11 is 0. The summed E-state index contributed by atoms with van der Waals surface area (Å²) < 4.78 is 0. The minimum Gasteiger partial charge on any atom is -0.384 e. The third kappa shape index (κ3) is 3.33. The number of hydrogen-bond acceptors (Lipinski definition) is 3. The van der Waals surface area contributed by atoms with Crippen molar-refractivity contribution in [3.8, 4) is 11.8 Å². The predicted octanol–water partition coefficient (Wildman–Crippen LogP) is 1.30. The molecule has 1 aromatic heterocycles. The Kier molecular flexibility index (Phi) is 4.18. The number of rotatable bonds is 3. The Hall–Kier alpha value is -1.86. The zero-order valence-corrected chi connectivity index (χ0v) is 11.3. The number of pyridine rings is 1. The number of carbonyl (C=O) groups is 1. The smallest absolute Gasteiger partial charge is 0.255 e. The van der Waals surface area contributed by atoms with Gasteiger partial charge < -0.3 is 10.0 Å². The quantitative estimate of drug-likeness (QED) is 0.831. The van der Waals surface area contributed by atoms with Crippen LogP contribution in [0.25, 0.3) is 0 Å². The largest absolute Gasteiger partial charge is 0.384 e. The standard InChI is InChI=1S/C15H18N2O2/c1-11(13-5-6-13)17(2)15(19)14-8-12(4-3-7-18)9-16-10-14/h8-11,13,18H,5-7H2,1-2H3. The van der Waals surface area contributed by atoms with Crippen molar-refractivity contribution in [3.63, 3.8) is 0 Å². The summed E-state index contributed by atoms with van der Waals surface area (Å²) in [7, 11) is 1.83. The zero-order valence-electron chi connectivity index (χ0n) is 11.3. The Morgan fingerprint density at radius 1 is 1.58 bits per heavy atom. The van der Waals surface area contributed by atoms with E-state index >= 15 is 0 Å². The van der Waals surface area contributed by atoms with Crippen LogP contribution in [0.4, 0.5) is 0 Å². The average molecular weight is 258 g/mol. The molecule has 1 aliphatic rings. The Labute approximate surface area is 113 Å². The van der Waals surface area contributed by atoms with E-state index in [9.17, 15) is 4.79 Å². The van der Waals surface area contributed by atoms with Crippen molar-refractivity contribution in [2.45, 2.75) is 25.8 Å². The van der Waals surface area contributed by atoms with E-state index in [0.29, 0.717) is 17.0 Å². The van der Waals surface area contributed by atoms with Crippen molar-refractivity contribution in [1.29, 1.82) is 0 Å². The lowest BCUT2D eigenvalue weighted by Crippen LogP contribution is -2.36. The van der Waals surface area contributed by atoms with Gasteiger partial charge in [-0.3, -0.25) is 9.78 Å². The fourth-order valence-electron chi connectivity index (χ4n) is 2.05. The molecule has 100 valence electrons. The molecule has 1 heterocycles. The molecule has 1 N–H and O–H groups in total. The van der Waals surface area contributed by atoms with E-state index in [1.165, 1.54) is 12.8 Å². The molecule has 0 aromatic carbocycles. The molecule has 1 amide bonds. The second-order valence-corrected chi connectivity index (χ2v) is 4.92. The average Bonchev–Trinajstić information content (AvgIpc) is 3.27. The van der Waals surface area contributed by atoms with Gasteiger partial charge in [0.05, 0.1) is 5.56 Å². The van der Waals surface area contributed by atoms with Gasteiger partial charge in [0.25, 0.3) is 5.91 Å². The van der Waals surface area contributed by atoms with Crippen molar-refractivity contribution in [2.75, 3.05) is 13.7 Å². The van der Waals surface area contributed by atoms with Crippen LogP contribution in [0, 0.1) is 17.8 Å². The summed E-state index contributed by atoms with van der Waals surface area (Å²) in [6.07, 6.45) is 5.56. The van der Waals surface area contributed by atoms with Crippen LogP contribution in [0.15, 0.2) is 18.5 Å². The summed E-state index contributed by atoms with van der Waals surface area (Å²) in [4.78, 5) is 18.1. The van der Waals surface area contributed by atoms with E-state index in [1.54, 1.807) is 23.4 Å². The SMILES string of the molecule is CC(C1CC1)N(C)C(=O)c1cncc(C#CCO)c1. The summed E-state index contributed by atoms with van der Waals surface area (Å²) in [5.74, 6) is 5.92. The molecular formula is C15H18N2O2. The Morgan fingerprint density at radius 2 is 2.32 bits per heavy atom. The molecule has 4 heteroatoms. The molecule has 1 aliphatic carbocycles. The van der Waals surface area contributed by atoms with Gasteiger partial charge in [-0.25, -0.2) is 0 Å². The first-order valence-electron chi connectivity index (χ1n) is 6.45. The van der Waals surface area contributed by atoms with Gasteiger partial charge in [-0.1, -0.05) is 11.8 Å². The molecule has 4 nitrogen and oxygen atoms in total. The van der Waals surface area contributed by atoms with Crippen molar-refractivity contribution < 1.29 is 9.90 Å². The highest BCUT2D eigenvalue weighted by atomic mass is 16.2. The lowest BCUT2D eigenvalue weighted by molar-refractivity contribution is 0.0727. The first-order valence-corrected chi connectivity index (χ1v) is 6.45. The second-order valence-electron chi connectivity index (χ2n) is 4.92. The molecule has 0 radical (unpaired) electrons. The predicted molar refractivity (Wildman–Crippen MR) is 72.5 cm³/mol. The first-order chi connectivity index (χ1) is 9.13. The monoisotopic (exact) mass is 258 g/mol. The van der Waals surface area contributed by atoms with E-state index < -0.39 is 0 Å². The number of nitrogens with zero attached hydrogens (tertiary/aromatic N) is 2. The van der Waals surface area contributed by atoms with Crippen LogP contribution in [0.5, 0.6) is 0 Å². The minimum absolute atomic E-state index is 0.0282. The van der Waals surface area contributed by atoms with Gasteiger partial charge in [0.2, 0.25) is 0 Å². The third-order valence-corrected chi connectivity index (χ3v) is 3.53. The van der Waals surface area contributed by atoms with Crippen molar-refractivity contribution in [3.05, 3.63) is 29.6 Å². The molecule has 19 heavy (non-hydrogen) atoms. The molecule has 1 atom stereocenters. The van der Waals surface area contributed by atoms with E-state index in [2.05, 4.69) is 23.7 Å². The third-order valence-electron chi connectivity index (χ3n) is 3.53. The summed E-state index contributed by atoms with van der Waals surface area (Å²) in [5.41, 5.74) is 1.19. The van der Waals surface area contributed by atoms with Gasteiger partial charge >= 0.3 is 0 Å². The van der Waals surface area contributed by atoms with E-state index in [-0.39, 0.29) is 18.6 Å². The number of aliphatic hydroxyl groups is 1. The number of carbonyl (C=O) groups excluding carboxylic acids is 1. The summed E-state index contributed by atoms with van der Waals surface area (Å²) in [5, 5.41) is 8.67. The second kappa shape index (κ2) is 5.85. The summed E-state index contributed by atoms with van der Waals surface area (Å²) in [6, 6.07) is 1.98. The van der Waals surface area contributed by atoms with Crippen LogP contribution in [0.1, 0.15) is 35.7 Å². The Morgan fingerprint density at radius 3 is 2.95 bits per heavy atom. The lowest BCUT2D eigenvalue weighted by atomic mass is 10.1. The fourth-order valence-corrected chi connectivity index (χ4v) is 2.05. The van der Waals surface area contributed by atoms with E-state index in [4.69, 9.17) is 5.11 Å². The number of hydrogen-bond donors (Lipinski definition) is 1. The molecule has 2 rings (SSSR count). The molecule has 0 aliphatic heterocycles. The van der Waals surface area contributed by atoms with Gasteiger partial charge in [0, 0.05) is 31.0 Å². The van der Waals surface area contributed by atoms with Crippen LogP contribution in [-0.2, 0) is 0 Å². The van der Waals surface area contributed by atoms with Crippen LogP contribution in [-0.4, -0.2) is 40.6 Å². The van der Waals surface area contributed by atoms with Gasteiger partial charge in [0.1, 0.15) is 6.61 Å². The topological polar surface area (TPSA) is 53.4 Å². The lowest BCUT2D eigenvalue weighted by Gasteiger charge is -2.24. The number of amides is 1. The molecule has 0 saturated heterocycles. The highest BCUT2D eigenvalue weighted by Crippen LogP contribution is 2.35. The maximum atomic E-state index is 12.3. The van der Waals surface area contributed by atoms with Crippen molar-refractivity contribution in [1.82, 2.24) is 9.88 Å². The minimum atomic E-state index is -0.198. The number of aromatic nitrogens is 1. The molecular weight excluding hydrogens is 240 g/mol. The molecule has 1 aromatic rings. The van der Waals surface area contributed by atoms with E-state index in [0.717, 1.165) is 0 Å². The zero-order chi connectivity index (χ0) is 13.8. The molecule has 1 unspecified atom stereocenters. The van der Waals surface area contributed by atoms with Crippen molar-refractivity contribution in [2.24, 2.45) is 5.92 Å². The first kappa shape index (κ1) is 13.6. The van der Waals surface area contributed by atoms with Crippen molar-refractivity contribution >= 4 is 5.91 Å². The van der Waals surface area contributed by atoms with Gasteiger partial charge in [-0.05, 0) is 31.7 Å². The summed E-state index contributed by atoms with van der Waals surface area (Å²) in [6.45, 7) is 1.88.